The molecule has 1 aliphatic rings. The molecule has 1 aliphatic heterocycles. The number of rotatable bonds is 12. The molecule has 0 fully saturated rings. The summed E-state index contributed by atoms with van der Waals surface area (Å²) in [4.78, 5) is 61.1. The van der Waals surface area contributed by atoms with E-state index in [0.717, 1.165) is 4.90 Å². The van der Waals surface area contributed by atoms with E-state index >= 15 is 0 Å². The molecule has 188 valence electrons. The number of nitrogens with two attached hydrogens (primary N) is 1. The van der Waals surface area contributed by atoms with Crippen molar-refractivity contribution in [2.45, 2.75) is 40.0 Å². The molecule has 1 heterocycles. The molecule has 1 unspecified atom stereocenters. The number of carbonyl (C=O) groups excluding carboxylic acids is 4. The summed E-state index contributed by atoms with van der Waals surface area (Å²) in [5.41, 5.74) is 6.10. The van der Waals surface area contributed by atoms with Gasteiger partial charge in [-0.3, -0.25) is 28.6 Å². The van der Waals surface area contributed by atoms with Crippen LogP contribution < -0.4 is 16.4 Å². The molecule has 3 atom stereocenters. The lowest BCUT2D eigenvalue weighted by atomic mass is 9.97. The van der Waals surface area contributed by atoms with Crippen molar-refractivity contribution < 1.29 is 28.6 Å². The lowest BCUT2D eigenvalue weighted by Gasteiger charge is -2.24. The molecule has 10 nitrogen and oxygen atoms in total. The van der Waals surface area contributed by atoms with Gasteiger partial charge in [0.1, 0.15) is 6.29 Å². The van der Waals surface area contributed by atoms with Crippen molar-refractivity contribution in [3.05, 3.63) is 29.3 Å². The molecule has 0 radical (unpaired) electrons. The third kappa shape index (κ3) is 7.14. The number of amides is 4. The number of hydrogen-bond donors (Lipinski definition) is 4. The third-order valence-electron chi connectivity index (χ3n) is 5.78. The smallest absolute Gasteiger partial charge is 0.264 e. The highest BCUT2D eigenvalue weighted by atomic mass is 31.2. The number of nitrogens with one attached hydrogen (secondary N) is 2. The second-order valence-corrected chi connectivity index (χ2v) is 11.7. The van der Waals surface area contributed by atoms with Crippen LogP contribution in [0.5, 0.6) is 0 Å². The Bertz CT molecular complexity index is 996. The summed E-state index contributed by atoms with van der Waals surface area (Å²) < 4.78 is 13.1. The van der Waals surface area contributed by atoms with Gasteiger partial charge in [0.15, 0.2) is 0 Å². The summed E-state index contributed by atoms with van der Waals surface area (Å²) in [7, 11) is -2.50. The summed E-state index contributed by atoms with van der Waals surface area (Å²) in [6, 6.07) is 4.48. The minimum atomic E-state index is -4.07. The fourth-order valence-electron chi connectivity index (χ4n) is 4.05. The Kier molecular flexibility index (Phi) is 9.41. The fourth-order valence-corrected chi connectivity index (χ4v) is 5.87. The number of fused-ring (bicyclic) bond motifs is 1. The second kappa shape index (κ2) is 11.6. The van der Waals surface area contributed by atoms with Gasteiger partial charge in [0.05, 0.1) is 11.1 Å². The van der Waals surface area contributed by atoms with E-state index in [0.29, 0.717) is 25.8 Å². The topological polar surface area (TPSA) is 159 Å². The van der Waals surface area contributed by atoms with Gasteiger partial charge in [-0.2, -0.15) is 0 Å². The maximum atomic E-state index is 13.1. The van der Waals surface area contributed by atoms with E-state index < -0.39 is 31.4 Å². The highest BCUT2D eigenvalue weighted by Crippen LogP contribution is 2.46. The summed E-state index contributed by atoms with van der Waals surface area (Å²) in [5.74, 6) is -2.42. The van der Waals surface area contributed by atoms with Crippen LogP contribution in [0, 0.1) is 17.8 Å². The quantitative estimate of drug-likeness (QED) is 0.197. The van der Waals surface area contributed by atoms with Crippen molar-refractivity contribution in [1.82, 2.24) is 15.5 Å². The SMILES string of the molecule is CNC(=O)C[C@@H](C)CCNC(=O)[C@H](CC(C)C)CP(=O)(O)CN1C(=O)c2cccc(N)c2C1=O. The number of nitrogen functional groups attached to an aromatic ring is 1. The van der Waals surface area contributed by atoms with Crippen LogP contribution in [0.2, 0.25) is 0 Å². The van der Waals surface area contributed by atoms with E-state index in [1.165, 1.54) is 12.1 Å². The zero-order valence-corrected chi connectivity index (χ0v) is 21.1. The van der Waals surface area contributed by atoms with Crippen molar-refractivity contribution in [1.29, 1.82) is 0 Å². The highest BCUT2D eigenvalue weighted by molar-refractivity contribution is 7.58. The first kappa shape index (κ1) is 27.5. The Morgan fingerprint density at radius 2 is 1.85 bits per heavy atom. The molecule has 1 aromatic rings. The standard InChI is InChI=1S/C23H35N4O6P/c1-14(2)10-16(21(29)26-9-8-15(3)11-19(28)25-4)12-34(32,33)13-27-22(30)17-6-5-7-18(24)20(17)23(27)31/h5-7,14-16H,8-13,24H2,1-4H3,(H,25,28)(H,26,29)(H,32,33)/t15-,16+/m0/s1. The molecule has 0 saturated carbocycles. The van der Waals surface area contributed by atoms with Gasteiger partial charge < -0.3 is 21.3 Å². The Labute approximate surface area is 200 Å². The molecule has 4 amide bonds. The molecule has 2 rings (SSSR count). The molecule has 0 aromatic heterocycles. The number of hydrogen-bond acceptors (Lipinski definition) is 6. The van der Waals surface area contributed by atoms with Gasteiger partial charge in [-0.05, 0) is 36.8 Å². The zero-order valence-electron chi connectivity index (χ0n) is 20.2. The number of benzene rings is 1. The molecule has 34 heavy (non-hydrogen) atoms. The number of anilines is 1. The number of carbonyl (C=O) groups is 4. The molecule has 0 saturated heterocycles. The fraction of sp³-hybridized carbons (Fsp3) is 0.565. The van der Waals surface area contributed by atoms with Gasteiger partial charge in [-0.1, -0.05) is 26.8 Å². The van der Waals surface area contributed by atoms with Crippen molar-refractivity contribution in [2.24, 2.45) is 17.8 Å². The van der Waals surface area contributed by atoms with E-state index in [1.54, 1.807) is 13.1 Å². The average Bonchev–Trinajstić information content (AvgIpc) is 2.97. The first-order valence-electron chi connectivity index (χ1n) is 11.4. The molecule has 0 aliphatic carbocycles. The van der Waals surface area contributed by atoms with Gasteiger partial charge in [0, 0.05) is 37.8 Å². The molecule has 0 bridgehead atoms. The Morgan fingerprint density at radius 3 is 2.44 bits per heavy atom. The van der Waals surface area contributed by atoms with Crippen LogP contribution in [-0.4, -0.2) is 59.5 Å². The van der Waals surface area contributed by atoms with Crippen LogP contribution in [0.25, 0.3) is 0 Å². The van der Waals surface area contributed by atoms with Crippen molar-refractivity contribution in [2.75, 3.05) is 31.8 Å². The van der Waals surface area contributed by atoms with E-state index in [2.05, 4.69) is 10.6 Å². The van der Waals surface area contributed by atoms with Crippen LogP contribution in [0.1, 0.15) is 60.7 Å². The monoisotopic (exact) mass is 494 g/mol. The van der Waals surface area contributed by atoms with Crippen LogP contribution in [0.4, 0.5) is 5.69 Å². The largest absolute Gasteiger partial charge is 0.398 e. The lowest BCUT2D eigenvalue weighted by molar-refractivity contribution is -0.124. The summed E-state index contributed by atoms with van der Waals surface area (Å²) in [6.07, 6.45) is 0.274. The van der Waals surface area contributed by atoms with Gasteiger partial charge in [0.2, 0.25) is 19.2 Å². The van der Waals surface area contributed by atoms with Gasteiger partial charge in [-0.15, -0.1) is 0 Å². The number of nitrogens with zero attached hydrogens (tertiary/aromatic N) is 1. The van der Waals surface area contributed by atoms with Crippen LogP contribution in [0.3, 0.4) is 0 Å². The molecule has 5 N–H and O–H groups in total. The van der Waals surface area contributed by atoms with E-state index in [1.807, 2.05) is 20.8 Å². The maximum absolute atomic E-state index is 13.1. The van der Waals surface area contributed by atoms with Gasteiger partial charge in [0.25, 0.3) is 11.8 Å². The van der Waals surface area contributed by atoms with Gasteiger partial charge >= 0.3 is 0 Å². The predicted octanol–water partition coefficient (Wildman–Crippen LogP) is 2.03. The van der Waals surface area contributed by atoms with Crippen LogP contribution in [-0.2, 0) is 14.2 Å². The van der Waals surface area contributed by atoms with E-state index in [-0.39, 0.29) is 46.6 Å². The van der Waals surface area contributed by atoms with E-state index in [4.69, 9.17) is 5.73 Å². The van der Waals surface area contributed by atoms with Crippen LogP contribution in [0.15, 0.2) is 18.2 Å². The minimum Gasteiger partial charge on any atom is -0.398 e. The first-order chi connectivity index (χ1) is 15.9. The summed E-state index contributed by atoms with van der Waals surface area (Å²) >= 11 is 0. The Hall–Kier alpha value is -2.71. The number of imide groups is 1. The average molecular weight is 495 g/mol. The van der Waals surface area contributed by atoms with Crippen molar-refractivity contribution >= 4 is 36.7 Å². The Morgan fingerprint density at radius 1 is 1.18 bits per heavy atom. The van der Waals surface area contributed by atoms with Crippen molar-refractivity contribution in [3.8, 4) is 0 Å². The maximum Gasteiger partial charge on any atom is 0.264 e. The lowest BCUT2D eigenvalue weighted by Crippen LogP contribution is -2.36. The molecule has 11 heteroatoms. The molecule has 1 aromatic carbocycles. The zero-order chi connectivity index (χ0) is 25.6. The normalized spacial score (nSPS) is 16.7. The molecular weight excluding hydrogens is 459 g/mol. The Balaban J connectivity index is 2.03. The summed E-state index contributed by atoms with van der Waals surface area (Å²) in [5, 5.41) is 5.36. The molecule has 0 spiro atoms. The van der Waals surface area contributed by atoms with Gasteiger partial charge in [-0.25, -0.2) is 0 Å². The third-order valence-corrected chi connectivity index (χ3v) is 7.51. The predicted molar refractivity (Wildman–Crippen MR) is 129 cm³/mol. The summed E-state index contributed by atoms with van der Waals surface area (Å²) in [6.45, 7) is 6.05. The first-order valence-corrected chi connectivity index (χ1v) is 13.4. The second-order valence-electron chi connectivity index (χ2n) is 9.37. The molecular formula is C23H35N4O6P. The minimum absolute atomic E-state index is 0.0369. The van der Waals surface area contributed by atoms with Crippen molar-refractivity contribution in [3.63, 3.8) is 0 Å². The highest BCUT2D eigenvalue weighted by Gasteiger charge is 2.41. The van der Waals surface area contributed by atoms with Crippen LogP contribution >= 0.6 is 7.37 Å². The van der Waals surface area contributed by atoms with E-state index in [9.17, 15) is 28.6 Å².